The van der Waals surface area contributed by atoms with Gasteiger partial charge in [0.05, 0.1) is 5.69 Å². The van der Waals surface area contributed by atoms with Crippen LogP contribution in [0.4, 0.5) is 10.5 Å². The van der Waals surface area contributed by atoms with Crippen LogP contribution >= 0.6 is 22.9 Å². The lowest BCUT2D eigenvalue weighted by Crippen LogP contribution is -2.30. The highest BCUT2D eigenvalue weighted by molar-refractivity contribution is 7.17. The van der Waals surface area contributed by atoms with E-state index in [1.165, 1.54) is 32.3 Å². The first-order chi connectivity index (χ1) is 15.1. The van der Waals surface area contributed by atoms with E-state index in [2.05, 4.69) is 58.1 Å². The fraction of sp³-hybridized carbons (Fsp3) is 0.0800. The molecule has 4 nitrogen and oxygen atoms in total. The Labute approximate surface area is 188 Å². The third kappa shape index (κ3) is 3.26. The van der Waals surface area contributed by atoms with Crippen molar-refractivity contribution in [1.82, 2.24) is 9.88 Å². The second-order valence-electron chi connectivity index (χ2n) is 7.84. The summed E-state index contributed by atoms with van der Waals surface area (Å²) in [5.74, 6) is 0. The number of hydrogen-bond acceptors (Lipinski definition) is 2. The average Bonchev–Trinajstić information content (AvgIpc) is 3.50. The number of thiophene rings is 1. The molecule has 6 heteroatoms. The van der Waals surface area contributed by atoms with Crippen molar-refractivity contribution in [2.24, 2.45) is 0 Å². The number of urea groups is 1. The number of nitrogens with one attached hydrogen (secondary N) is 2. The molecule has 3 aromatic carbocycles. The molecule has 152 valence electrons. The largest absolute Gasteiger partial charge is 0.359 e. The molecule has 0 unspecified atom stereocenters. The summed E-state index contributed by atoms with van der Waals surface area (Å²) in [6, 6.07) is 20.7. The molecule has 1 aliphatic heterocycles. The molecule has 31 heavy (non-hydrogen) atoms. The van der Waals surface area contributed by atoms with Gasteiger partial charge in [0.2, 0.25) is 0 Å². The van der Waals surface area contributed by atoms with Crippen LogP contribution in [0.1, 0.15) is 11.1 Å². The van der Waals surface area contributed by atoms with Gasteiger partial charge >= 0.3 is 6.03 Å². The third-order valence-electron chi connectivity index (χ3n) is 5.89. The Morgan fingerprint density at radius 2 is 1.81 bits per heavy atom. The maximum Gasteiger partial charge on any atom is 0.322 e. The van der Waals surface area contributed by atoms with Gasteiger partial charge in [0, 0.05) is 39.9 Å². The lowest BCUT2D eigenvalue weighted by Gasteiger charge is -2.16. The molecule has 6 rings (SSSR count). The van der Waals surface area contributed by atoms with Crippen LogP contribution in [0.2, 0.25) is 5.02 Å². The molecular weight excluding hydrogens is 426 g/mol. The van der Waals surface area contributed by atoms with Crippen molar-refractivity contribution in [3.05, 3.63) is 88.4 Å². The number of carbonyl (C=O) groups excluding carboxylic acids is 1. The minimum atomic E-state index is -0.113. The third-order valence-corrected chi connectivity index (χ3v) is 7.02. The number of benzene rings is 3. The van der Waals surface area contributed by atoms with Crippen LogP contribution < -0.4 is 5.32 Å². The number of amides is 2. The van der Waals surface area contributed by atoms with Crippen molar-refractivity contribution in [2.75, 3.05) is 5.32 Å². The Kier molecular flexibility index (Phi) is 4.26. The molecule has 2 N–H and O–H groups in total. The van der Waals surface area contributed by atoms with Gasteiger partial charge in [-0.3, -0.25) is 0 Å². The number of aromatic nitrogens is 1. The monoisotopic (exact) mass is 443 g/mol. The highest BCUT2D eigenvalue weighted by atomic mass is 35.5. The first kappa shape index (κ1) is 18.5. The number of nitrogens with zero attached hydrogens (tertiary/aromatic N) is 1. The Hall–Kier alpha value is -3.28. The summed E-state index contributed by atoms with van der Waals surface area (Å²) < 4.78 is 1.30. The molecular formula is C25H18ClN3OS. The van der Waals surface area contributed by atoms with Gasteiger partial charge in [0.15, 0.2) is 0 Å². The Morgan fingerprint density at radius 3 is 2.74 bits per heavy atom. The lowest BCUT2D eigenvalue weighted by atomic mass is 10.00. The van der Waals surface area contributed by atoms with Crippen LogP contribution in [-0.2, 0) is 13.1 Å². The molecule has 0 aliphatic carbocycles. The first-order valence-electron chi connectivity index (χ1n) is 10.1. The number of hydrogen-bond donors (Lipinski definition) is 2. The predicted molar refractivity (Wildman–Crippen MR) is 129 cm³/mol. The second kappa shape index (κ2) is 7.15. The zero-order valence-electron chi connectivity index (χ0n) is 16.5. The van der Waals surface area contributed by atoms with Gasteiger partial charge in [-0.1, -0.05) is 29.8 Å². The molecule has 0 fully saturated rings. The molecule has 0 radical (unpaired) electrons. The number of aromatic amines is 1. The molecule has 0 saturated carbocycles. The van der Waals surface area contributed by atoms with Crippen molar-refractivity contribution < 1.29 is 4.79 Å². The van der Waals surface area contributed by atoms with Crippen molar-refractivity contribution >= 4 is 55.6 Å². The van der Waals surface area contributed by atoms with Gasteiger partial charge in [-0.25, -0.2) is 4.79 Å². The van der Waals surface area contributed by atoms with Gasteiger partial charge < -0.3 is 15.2 Å². The molecule has 5 aromatic rings. The van der Waals surface area contributed by atoms with Crippen LogP contribution in [0.3, 0.4) is 0 Å². The maximum absolute atomic E-state index is 13.0. The number of carbonyl (C=O) groups is 1. The summed E-state index contributed by atoms with van der Waals surface area (Å²) >= 11 is 7.88. The normalized spacial score (nSPS) is 13.1. The van der Waals surface area contributed by atoms with Crippen LogP contribution in [0.25, 0.3) is 32.1 Å². The number of fused-ring (bicyclic) bond motifs is 3. The molecule has 0 saturated heterocycles. The van der Waals surface area contributed by atoms with Crippen LogP contribution in [-0.4, -0.2) is 15.9 Å². The Balaban J connectivity index is 1.23. The Morgan fingerprint density at radius 1 is 0.968 bits per heavy atom. The highest BCUT2D eigenvalue weighted by Crippen LogP contribution is 2.32. The van der Waals surface area contributed by atoms with E-state index < -0.39 is 0 Å². The summed E-state index contributed by atoms with van der Waals surface area (Å²) in [6.07, 6.45) is 1.81. The lowest BCUT2D eigenvalue weighted by molar-refractivity contribution is 0.212. The molecule has 3 heterocycles. The topological polar surface area (TPSA) is 48.1 Å². The first-order valence-corrected chi connectivity index (χ1v) is 11.3. The number of rotatable bonds is 2. The van der Waals surface area contributed by atoms with E-state index in [0.717, 1.165) is 16.6 Å². The highest BCUT2D eigenvalue weighted by Gasteiger charge is 2.24. The molecule has 0 bridgehead atoms. The minimum absolute atomic E-state index is 0.113. The molecule has 0 atom stereocenters. The van der Waals surface area contributed by atoms with Crippen molar-refractivity contribution in [3.63, 3.8) is 0 Å². The zero-order chi connectivity index (χ0) is 20.9. The van der Waals surface area contributed by atoms with Gasteiger partial charge in [-0.05, 0) is 75.5 Å². The van der Waals surface area contributed by atoms with Crippen molar-refractivity contribution in [1.29, 1.82) is 0 Å². The number of H-pyrrole nitrogens is 1. The summed E-state index contributed by atoms with van der Waals surface area (Å²) in [5.41, 5.74) is 6.45. The summed E-state index contributed by atoms with van der Waals surface area (Å²) in [6.45, 7) is 1.20. The van der Waals surface area contributed by atoms with E-state index in [4.69, 9.17) is 11.6 Å². The van der Waals surface area contributed by atoms with E-state index in [-0.39, 0.29) is 6.03 Å². The van der Waals surface area contributed by atoms with Crippen molar-refractivity contribution in [2.45, 2.75) is 13.1 Å². The van der Waals surface area contributed by atoms with Crippen LogP contribution in [0.5, 0.6) is 0 Å². The smallest absolute Gasteiger partial charge is 0.322 e. The maximum atomic E-state index is 13.0. The quantitative estimate of drug-likeness (QED) is 0.296. The second-order valence-corrected chi connectivity index (χ2v) is 9.22. The van der Waals surface area contributed by atoms with E-state index in [1.54, 1.807) is 17.5 Å². The summed E-state index contributed by atoms with van der Waals surface area (Å²) in [5, 5.41) is 7.97. The molecule has 1 aliphatic rings. The van der Waals surface area contributed by atoms with E-state index in [1.807, 2.05) is 23.1 Å². The summed E-state index contributed by atoms with van der Waals surface area (Å²) in [4.78, 5) is 18.0. The molecule has 2 aromatic heterocycles. The van der Waals surface area contributed by atoms with Gasteiger partial charge in [-0.15, -0.1) is 11.3 Å². The number of anilines is 1. The van der Waals surface area contributed by atoms with Crippen LogP contribution in [0, 0.1) is 0 Å². The fourth-order valence-corrected chi connectivity index (χ4v) is 5.20. The average molecular weight is 444 g/mol. The molecule has 0 spiro atoms. The zero-order valence-corrected chi connectivity index (χ0v) is 18.1. The van der Waals surface area contributed by atoms with E-state index in [0.29, 0.717) is 18.1 Å². The minimum Gasteiger partial charge on any atom is -0.359 e. The Bertz CT molecular complexity index is 1470. The summed E-state index contributed by atoms with van der Waals surface area (Å²) in [7, 11) is 0. The van der Waals surface area contributed by atoms with Gasteiger partial charge in [0.1, 0.15) is 0 Å². The van der Waals surface area contributed by atoms with E-state index >= 15 is 0 Å². The van der Waals surface area contributed by atoms with Gasteiger partial charge in [0.25, 0.3) is 0 Å². The SMILES string of the molecule is O=C(Nc1c[nH]c2ccc(Cl)cc12)N1Cc2ccc(-c3ccc4sccc4c3)cc2C1. The van der Waals surface area contributed by atoms with E-state index in [9.17, 15) is 4.79 Å². The molecule has 2 amide bonds. The predicted octanol–water partition coefficient (Wildman–Crippen LogP) is 7.25. The standard InChI is InChI=1S/C25H18ClN3OS/c26-20-4-5-22-21(11-20)23(12-27-22)28-25(30)29-13-18-2-1-15(10-19(18)14-29)16-3-6-24-17(9-16)7-8-31-24/h1-12,27H,13-14H2,(H,28,30). The fourth-order valence-electron chi connectivity index (χ4n) is 4.25. The number of halogens is 1. The van der Waals surface area contributed by atoms with Crippen molar-refractivity contribution in [3.8, 4) is 11.1 Å². The van der Waals surface area contributed by atoms with Gasteiger partial charge in [-0.2, -0.15) is 0 Å². The van der Waals surface area contributed by atoms with Crippen LogP contribution in [0.15, 0.2) is 72.2 Å².